The fourth-order valence-electron chi connectivity index (χ4n) is 0.820. The molecule has 1 aromatic rings. The number of pyridine rings is 1. The summed E-state index contributed by atoms with van der Waals surface area (Å²) in [5, 5.41) is 11.7. The van der Waals surface area contributed by atoms with E-state index in [0.717, 1.165) is 0 Å². The minimum Gasteiger partial charge on any atom is -0.505 e. The molecule has 68 valence electrons. The molecule has 1 amide bonds. The lowest BCUT2D eigenvalue weighted by molar-refractivity contribution is 0.0950. The first-order chi connectivity index (χ1) is 6.25. The van der Waals surface area contributed by atoms with Crippen LogP contribution in [-0.4, -0.2) is 22.5 Å². The van der Waals surface area contributed by atoms with Gasteiger partial charge >= 0.3 is 0 Å². The van der Waals surface area contributed by atoms with Gasteiger partial charge in [-0.05, 0) is 12.1 Å². The third kappa shape index (κ3) is 2.30. The van der Waals surface area contributed by atoms with Crippen LogP contribution in [0.5, 0.6) is 5.75 Å². The third-order valence-corrected chi connectivity index (χ3v) is 1.41. The Morgan fingerprint density at radius 3 is 3.15 bits per heavy atom. The van der Waals surface area contributed by atoms with Crippen LogP contribution >= 0.6 is 0 Å². The fourth-order valence-corrected chi connectivity index (χ4v) is 0.820. The molecule has 0 aromatic carbocycles. The monoisotopic (exact) mass is 178 g/mol. The molecule has 2 N–H and O–H groups in total. The average molecular weight is 178 g/mol. The largest absolute Gasteiger partial charge is 0.505 e. The van der Waals surface area contributed by atoms with Gasteiger partial charge in [0.15, 0.2) is 5.69 Å². The van der Waals surface area contributed by atoms with Crippen LogP contribution in [-0.2, 0) is 0 Å². The lowest BCUT2D eigenvalue weighted by Gasteiger charge is -2.02. The molecule has 0 aliphatic heterocycles. The molecule has 0 fully saturated rings. The number of hydrogen-bond donors (Lipinski definition) is 2. The number of aromatic nitrogens is 1. The minimum atomic E-state index is -0.405. The molecule has 0 aliphatic rings. The number of carbonyl (C=O) groups is 1. The molecule has 0 aliphatic carbocycles. The maximum Gasteiger partial charge on any atom is 0.273 e. The van der Waals surface area contributed by atoms with E-state index >= 15 is 0 Å². The van der Waals surface area contributed by atoms with Gasteiger partial charge in [0.05, 0.1) is 0 Å². The second kappa shape index (κ2) is 4.25. The third-order valence-electron chi connectivity index (χ3n) is 1.41. The summed E-state index contributed by atoms with van der Waals surface area (Å²) in [5.74, 6) is -0.526. The second-order valence-corrected chi connectivity index (χ2v) is 2.37. The number of carbonyl (C=O) groups excluding carboxylic acids is 1. The first-order valence-electron chi connectivity index (χ1n) is 3.78. The van der Waals surface area contributed by atoms with E-state index in [-0.39, 0.29) is 11.4 Å². The zero-order chi connectivity index (χ0) is 9.68. The van der Waals surface area contributed by atoms with E-state index < -0.39 is 5.91 Å². The zero-order valence-electron chi connectivity index (χ0n) is 7.03. The molecule has 4 nitrogen and oxygen atoms in total. The molecule has 0 spiro atoms. The van der Waals surface area contributed by atoms with Gasteiger partial charge in [0.25, 0.3) is 5.91 Å². The van der Waals surface area contributed by atoms with Crippen molar-refractivity contribution >= 4 is 5.91 Å². The van der Waals surface area contributed by atoms with E-state index in [9.17, 15) is 9.90 Å². The molecule has 1 heterocycles. The Balaban J connectivity index is 2.76. The van der Waals surface area contributed by atoms with Crippen LogP contribution in [0.3, 0.4) is 0 Å². The molecule has 0 radical (unpaired) electrons. The Hall–Kier alpha value is -1.84. The zero-order valence-corrected chi connectivity index (χ0v) is 7.03. The first kappa shape index (κ1) is 9.25. The van der Waals surface area contributed by atoms with E-state index in [1.54, 1.807) is 12.1 Å². The second-order valence-electron chi connectivity index (χ2n) is 2.37. The standard InChI is InChI=1S/C9H10N2O2/c1-2-5-11-9(13)8-7(12)4-3-6-10-8/h2-4,6,12H,1,5H2,(H,11,13). The molecule has 0 saturated heterocycles. The van der Waals surface area contributed by atoms with Crippen molar-refractivity contribution < 1.29 is 9.90 Å². The Kier molecular flexibility index (Phi) is 3.03. The Bertz CT molecular complexity index is 323. The van der Waals surface area contributed by atoms with E-state index in [1.807, 2.05) is 0 Å². The summed E-state index contributed by atoms with van der Waals surface area (Å²) in [5.41, 5.74) is 0.0318. The van der Waals surface area contributed by atoms with Crippen molar-refractivity contribution in [3.05, 3.63) is 36.7 Å². The van der Waals surface area contributed by atoms with E-state index in [4.69, 9.17) is 0 Å². The van der Waals surface area contributed by atoms with Crippen LogP contribution in [0.4, 0.5) is 0 Å². The highest BCUT2D eigenvalue weighted by atomic mass is 16.3. The topological polar surface area (TPSA) is 62.2 Å². The number of hydrogen-bond acceptors (Lipinski definition) is 3. The Labute approximate surface area is 75.9 Å². The average Bonchev–Trinajstić information content (AvgIpc) is 2.15. The maximum absolute atomic E-state index is 11.2. The van der Waals surface area contributed by atoms with Crippen LogP contribution in [0.25, 0.3) is 0 Å². The lowest BCUT2D eigenvalue weighted by Crippen LogP contribution is -2.24. The first-order valence-corrected chi connectivity index (χ1v) is 3.78. The van der Waals surface area contributed by atoms with Crippen molar-refractivity contribution in [3.8, 4) is 5.75 Å². The lowest BCUT2D eigenvalue weighted by atomic mass is 10.3. The van der Waals surface area contributed by atoms with Crippen molar-refractivity contribution in [3.63, 3.8) is 0 Å². The molecule has 4 heteroatoms. The molecule has 0 atom stereocenters. The van der Waals surface area contributed by atoms with Crippen LogP contribution in [0.1, 0.15) is 10.5 Å². The SMILES string of the molecule is C=CCNC(=O)c1ncccc1O. The highest BCUT2D eigenvalue weighted by molar-refractivity contribution is 5.94. The molecule has 1 rings (SSSR count). The van der Waals surface area contributed by atoms with Crippen molar-refractivity contribution in [1.29, 1.82) is 0 Å². The molecule has 0 unspecified atom stereocenters. The van der Waals surface area contributed by atoms with Crippen LogP contribution in [0.15, 0.2) is 31.0 Å². The van der Waals surface area contributed by atoms with Gasteiger partial charge in [-0.2, -0.15) is 0 Å². The normalized spacial score (nSPS) is 9.23. The van der Waals surface area contributed by atoms with Crippen LogP contribution in [0, 0.1) is 0 Å². The van der Waals surface area contributed by atoms with E-state index in [1.165, 1.54) is 12.3 Å². The molecule has 1 aromatic heterocycles. The van der Waals surface area contributed by atoms with Crippen LogP contribution in [0.2, 0.25) is 0 Å². The van der Waals surface area contributed by atoms with Crippen molar-refractivity contribution in [2.75, 3.05) is 6.54 Å². The summed E-state index contributed by atoms with van der Waals surface area (Å²) in [6.45, 7) is 3.81. The molecule has 0 saturated carbocycles. The van der Waals surface area contributed by atoms with Gasteiger partial charge in [-0.15, -0.1) is 6.58 Å². The summed E-state index contributed by atoms with van der Waals surface area (Å²) in [4.78, 5) is 15.0. The van der Waals surface area contributed by atoms with Gasteiger partial charge in [0.2, 0.25) is 0 Å². The molecular weight excluding hydrogens is 168 g/mol. The Morgan fingerprint density at radius 1 is 1.77 bits per heavy atom. The smallest absolute Gasteiger partial charge is 0.273 e. The van der Waals surface area contributed by atoms with Gasteiger partial charge < -0.3 is 10.4 Å². The summed E-state index contributed by atoms with van der Waals surface area (Å²) >= 11 is 0. The molecule has 0 bridgehead atoms. The van der Waals surface area contributed by atoms with Crippen molar-refractivity contribution in [2.45, 2.75) is 0 Å². The van der Waals surface area contributed by atoms with Crippen molar-refractivity contribution in [2.24, 2.45) is 0 Å². The summed E-state index contributed by atoms with van der Waals surface area (Å²) < 4.78 is 0. The van der Waals surface area contributed by atoms with Crippen molar-refractivity contribution in [1.82, 2.24) is 10.3 Å². The maximum atomic E-state index is 11.2. The predicted molar refractivity (Wildman–Crippen MR) is 48.4 cm³/mol. The number of aromatic hydroxyl groups is 1. The number of amides is 1. The van der Waals surface area contributed by atoms with E-state index in [0.29, 0.717) is 6.54 Å². The van der Waals surface area contributed by atoms with Gasteiger partial charge in [-0.25, -0.2) is 4.98 Å². The van der Waals surface area contributed by atoms with Crippen LogP contribution < -0.4 is 5.32 Å². The summed E-state index contributed by atoms with van der Waals surface area (Å²) in [6, 6.07) is 2.97. The summed E-state index contributed by atoms with van der Waals surface area (Å²) in [6.07, 6.45) is 3.00. The number of nitrogens with one attached hydrogen (secondary N) is 1. The minimum absolute atomic E-state index is 0.0318. The quantitative estimate of drug-likeness (QED) is 0.670. The summed E-state index contributed by atoms with van der Waals surface area (Å²) in [7, 11) is 0. The van der Waals surface area contributed by atoms with Gasteiger partial charge in [0.1, 0.15) is 5.75 Å². The highest BCUT2D eigenvalue weighted by Crippen LogP contribution is 2.11. The Morgan fingerprint density at radius 2 is 2.54 bits per heavy atom. The fraction of sp³-hybridized carbons (Fsp3) is 0.111. The van der Waals surface area contributed by atoms with Gasteiger partial charge in [-0.1, -0.05) is 6.08 Å². The predicted octanol–water partition coefficient (Wildman–Crippen LogP) is 0.703. The molecule has 13 heavy (non-hydrogen) atoms. The van der Waals surface area contributed by atoms with Gasteiger partial charge in [-0.3, -0.25) is 4.79 Å². The highest BCUT2D eigenvalue weighted by Gasteiger charge is 2.09. The number of nitrogens with zero attached hydrogens (tertiary/aromatic N) is 1. The van der Waals surface area contributed by atoms with Gasteiger partial charge in [0, 0.05) is 12.7 Å². The molecular formula is C9H10N2O2. The number of rotatable bonds is 3. The van der Waals surface area contributed by atoms with E-state index in [2.05, 4.69) is 16.9 Å².